The summed E-state index contributed by atoms with van der Waals surface area (Å²) in [5.41, 5.74) is 3.81. The molecule has 0 aliphatic rings. The summed E-state index contributed by atoms with van der Waals surface area (Å²) in [6.07, 6.45) is 3.13. The zero-order valence-corrected chi connectivity index (χ0v) is 16.5. The number of ether oxygens (including phenoxy) is 1. The Kier molecular flexibility index (Phi) is 6.91. The van der Waals surface area contributed by atoms with Gasteiger partial charge in [-0.2, -0.15) is 5.10 Å². The van der Waals surface area contributed by atoms with E-state index in [0.717, 1.165) is 16.2 Å². The average molecular weight is 405 g/mol. The summed E-state index contributed by atoms with van der Waals surface area (Å²) in [5, 5.41) is 8.53. The van der Waals surface area contributed by atoms with Gasteiger partial charge in [-0.05, 0) is 59.5 Å². The monoisotopic (exact) mass is 405 g/mol. The summed E-state index contributed by atoms with van der Waals surface area (Å²) in [4.78, 5) is 25.9. The van der Waals surface area contributed by atoms with Crippen LogP contribution < -0.4 is 15.5 Å². The molecule has 7 heteroatoms. The molecule has 0 spiro atoms. The van der Waals surface area contributed by atoms with Gasteiger partial charge in [-0.25, -0.2) is 5.43 Å². The Morgan fingerprint density at radius 3 is 2.41 bits per heavy atom. The molecule has 0 aliphatic heterocycles. The molecular formula is C22H19N3O3S. The van der Waals surface area contributed by atoms with Crippen LogP contribution in [0.5, 0.6) is 5.75 Å². The number of amides is 2. The lowest BCUT2D eigenvalue weighted by Gasteiger charge is -2.08. The Hall–Kier alpha value is -3.71. The van der Waals surface area contributed by atoms with Gasteiger partial charge in [0.2, 0.25) is 0 Å². The molecule has 1 aromatic heterocycles. The third-order valence-corrected chi connectivity index (χ3v) is 4.67. The molecule has 2 amide bonds. The van der Waals surface area contributed by atoms with Crippen LogP contribution in [0.3, 0.4) is 0 Å². The van der Waals surface area contributed by atoms with Gasteiger partial charge in [0, 0.05) is 10.4 Å². The van der Waals surface area contributed by atoms with Crippen molar-refractivity contribution in [3.8, 4) is 5.75 Å². The van der Waals surface area contributed by atoms with Crippen molar-refractivity contribution in [2.75, 3.05) is 7.11 Å². The lowest BCUT2D eigenvalue weighted by atomic mass is 10.2. The first kappa shape index (κ1) is 20.0. The third kappa shape index (κ3) is 5.88. The minimum absolute atomic E-state index is 0.105. The number of carbonyl (C=O) groups is 2. The first-order valence-electron chi connectivity index (χ1n) is 8.75. The number of thiophene rings is 1. The Morgan fingerprint density at radius 1 is 1.00 bits per heavy atom. The van der Waals surface area contributed by atoms with Crippen LogP contribution >= 0.6 is 11.3 Å². The van der Waals surface area contributed by atoms with Crippen LogP contribution in [0.4, 0.5) is 0 Å². The zero-order chi connectivity index (χ0) is 20.5. The molecular weight excluding hydrogens is 386 g/mol. The van der Waals surface area contributed by atoms with E-state index in [2.05, 4.69) is 15.8 Å². The van der Waals surface area contributed by atoms with Gasteiger partial charge in [-0.1, -0.05) is 24.3 Å². The molecule has 0 saturated heterocycles. The number of hydrazone groups is 1. The number of nitrogens with zero attached hydrogens (tertiary/aromatic N) is 1. The highest BCUT2D eigenvalue weighted by Gasteiger charge is 2.14. The van der Waals surface area contributed by atoms with Gasteiger partial charge in [-0.15, -0.1) is 11.3 Å². The summed E-state index contributed by atoms with van der Waals surface area (Å²) < 4.78 is 5.11. The van der Waals surface area contributed by atoms with E-state index in [4.69, 9.17) is 4.74 Å². The van der Waals surface area contributed by atoms with Crippen molar-refractivity contribution in [3.05, 3.63) is 93.8 Å². The van der Waals surface area contributed by atoms with Crippen molar-refractivity contribution < 1.29 is 14.3 Å². The largest absolute Gasteiger partial charge is 0.497 e. The fourth-order valence-corrected chi connectivity index (χ4v) is 3.03. The van der Waals surface area contributed by atoms with E-state index < -0.39 is 5.91 Å². The standard InChI is InChI=1S/C22H19N3O3S/c1-28-18-11-9-16(10-12-18)15-23-25-22(27)20(14-19-8-5-13-29-19)24-21(26)17-6-3-2-4-7-17/h2-15H,1H3,(H,24,26)(H,25,27)/b20-14+,23-15+. The molecule has 0 unspecified atom stereocenters. The zero-order valence-electron chi connectivity index (χ0n) is 15.7. The van der Waals surface area contributed by atoms with Crippen molar-refractivity contribution >= 4 is 35.4 Å². The van der Waals surface area contributed by atoms with Gasteiger partial charge < -0.3 is 10.1 Å². The number of methoxy groups -OCH3 is 1. The van der Waals surface area contributed by atoms with Crippen molar-refractivity contribution in [1.29, 1.82) is 0 Å². The van der Waals surface area contributed by atoms with E-state index in [1.165, 1.54) is 17.6 Å². The van der Waals surface area contributed by atoms with Gasteiger partial charge in [0.25, 0.3) is 11.8 Å². The second-order valence-corrected chi connectivity index (χ2v) is 6.85. The number of nitrogens with one attached hydrogen (secondary N) is 2. The predicted octanol–water partition coefficient (Wildman–Crippen LogP) is 3.68. The number of rotatable bonds is 7. The fraction of sp³-hybridized carbons (Fsp3) is 0.0455. The number of hydrogen-bond acceptors (Lipinski definition) is 5. The first-order chi connectivity index (χ1) is 14.2. The van der Waals surface area contributed by atoms with E-state index in [1.807, 2.05) is 35.7 Å². The minimum Gasteiger partial charge on any atom is -0.497 e. The first-order valence-corrected chi connectivity index (χ1v) is 9.63. The summed E-state index contributed by atoms with van der Waals surface area (Å²) in [6, 6.07) is 19.6. The molecule has 0 fully saturated rings. The van der Waals surface area contributed by atoms with Crippen LogP contribution in [-0.4, -0.2) is 25.1 Å². The molecule has 0 radical (unpaired) electrons. The molecule has 3 aromatic rings. The fourth-order valence-electron chi connectivity index (χ4n) is 2.37. The Bertz CT molecular complexity index is 1010. The van der Waals surface area contributed by atoms with Gasteiger partial charge in [0.1, 0.15) is 11.4 Å². The maximum atomic E-state index is 12.6. The second kappa shape index (κ2) is 10.0. The lowest BCUT2D eigenvalue weighted by Crippen LogP contribution is -2.32. The average Bonchev–Trinajstić information content (AvgIpc) is 3.27. The molecule has 1 heterocycles. The third-order valence-electron chi connectivity index (χ3n) is 3.85. The van der Waals surface area contributed by atoms with Crippen LogP contribution in [0.2, 0.25) is 0 Å². The predicted molar refractivity (Wildman–Crippen MR) is 115 cm³/mol. The molecule has 29 heavy (non-hydrogen) atoms. The summed E-state index contributed by atoms with van der Waals surface area (Å²) in [6.45, 7) is 0. The smallest absolute Gasteiger partial charge is 0.287 e. The Balaban J connectivity index is 1.72. The molecule has 2 aromatic carbocycles. The maximum Gasteiger partial charge on any atom is 0.287 e. The maximum absolute atomic E-state index is 12.6. The number of carbonyl (C=O) groups excluding carboxylic acids is 2. The molecule has 0 bridgehead atoms. The molecule has 0 saturated carbocycles. The molecule has 6 nitrogen and oxygen atoms in total. The molecule has 2 N–H and O–H groups in total. The van der Waals surface area contributed by atoms with Crippen LogP contribution in [0, 0.1) is 0 Å². The van der Waals surface area contributed by atoms with Crippen LogP contribution in [0.15, 0.2) is 82.9 Å². The van der Waals surface area contributed by atoms with Crippen molar-refractivity contribution in [1.82, 2.24) is 10.7 Å². The molecule has 3 rings (SSSR count). The van der Waals surface area contributed by atoms with Crippen LogP contribution in [-0.2, 0) is 4.79 Å². The molecule has 0 aliphatic carbocycles. The minimum atomic E-state index is -0.521. The highest BCUT2D eigenvalue weighted by atomic mass is 32.1. The van der Waals surface area contributed by atoms with E-state index >= 15 is 0 Å². The topological polar surface area (TPSA) is 79.8 Å². The second-order valence-electron chi connectivity index (χ2n) is 5.87. The number of hydrogen-bond donors (Lipinski definition) is 2. The van der Waals surface area contributed by atoms with Crippen LogP contribution in [0.25, 0.3) is 6.08 Å². The Labute approximate surface area is 172 Å². The van der Waals surface area contributed by atoms with Gasteiger partial charge >= 0.3 is 0 Å². The molecule has 0 atom stereocenters. The van der Waals surface area contributed by atoms with Crippen molar-refractivity contribution in [2.24, 2.45) is 5.10 Å². The summed E-state index contributed by atoms with van der Waals surface area (Å²) in [5.74, 6) is -0.161. The van der Waals surface area contributed by atoms with E-state index in [9.17, 15) is 9.59 Å². The van der Waals surface area contributed by atoms with Crippen molar-refractivity contribution in [3.63, 3.8) is 0 Å². The van der Waals surface area contributed by atoms with Crippen LogP contribution in [0.1, 0.15) is 20.8 Å². The van der Waals surface area contributed by atoms with E-state index in [-0.39, 0.29) is 11.6 Å². The number of benzene rings is 2. The SMILES string of the molecule is COc1ccc(/C=N/NC(=O)/C(=C\c2cccs2)NC(=O)c2ccccc2)cc1. The van der Waals surface area contributed by atoms with E-state index in [0.29, 0.717) is 5.56 Å². The van der Waals surface area contributed by atoms with E-state index in [1.54, 1.807) is 49.6 Å². The molecule has 146 valence electrons. The van der Waals surface area contributed by atoms with Gasteiger partial charge in [-0.3, -0.25) is 9.59 Å². The quantitative estimate of drug-likeness (QED) is 0.358. The summed E-state index contributed by atoms with van der Waals surface area (Å²) in [7, 11) is 1.59. The highest BCUT2D eigenvalue weighted by Crippen LogP contribution is 2.13. The highest BCUT2D eigenvalue weighted by molar-refractivity contribution is 7.10. The Morgan fingerprint density at radius 2 is 1.76 bits per heavy atom. The van der Waals surface area contributed by atoms with Gasteiger partial charge in [0.15, 0.2) is 0 Å². The van der Waals surface area contributed by atoms with Crippen molar-refractivity contribution in [2.45, 2.75) is 0 Å². The normalized spacial score (nSPS) is 11.3. The summed E-state index contributed by atoms with van der Waals surface area (Å²) >= 11 is 1.46. The van der Waals surface area contributed by atoms with Gasteiger partial charge in [0.05, 0.1) is 13.3 Å². The lowest BCUT2D eigenvalue weighted by molar-refractivity contribution is -0.117.